The molecule has 2 rings (SSSR count). The van der Waals surface area contributed by atoms with Gasteiger partial charge in [-0.3, -0.25) is 0 Å². The largest absolute Gasteiger partial charge is 0.496 e. The number of benzene rings is 1. The van der Waals surface area contributed by atoms with Gasteiger partial charge in [0, 0.05) is 19.2 Å². The Morgan fingerprint density at radius 2 is 1.84 bits per heavy atom. The van der Waals surface area contributed by atoms with Gasteiger partial charge in [0.15, 0.2) is 0 Å². The molecule has 0 saturated carbocycles. The van der Waals surface area contributed by atoms with Gasteiger partial charge in [0.05, 0.1) is 31.6 Å². The zero-order valence-electron chi connectivity index (χ0n) is 10.9. The predicted molar refractivity (Wildman–Crippen MR) is 65.8 cm³/mol. The summed E-state index contributed by atoms with van der Waals surface area (Å²) in [4.78, 5) is 1.69. The van der Waals surface area contributed by atoms with E-state index in [1.54, 1.807) is 11.8 Å². The fourth-order valence-corrected chi connectivity index (χ4v) is 2.19. The molecule has 19 heavy (non-hydrogen) atoms. The molecule has 106 valence electrons. The zero-order chi connectivity index (χ0) is 14.0. The predicted octanol–water partition coefficient (Wildman–Crippen LogP) is 2.86. The van der Waals surface area contributed by atoms with E-state index >= 15 is 0 Å². The highest BCUT2D eigenvalue weighted by Gasteiger charge is 2.36. The van der Waals surface area contributed by atoms with Crippen molar-refractivity contribution in [2.75, 3.05) is 38.3 Å². The molecule has 1 aromatic rings. The third-order valence-corrected chi connectivity index (χ3v) is 3.17. The number of nitrogens with zero attached hydrogens (tertiary/aromatic N) is 1. The topological polar surface area (TPSA) is 21.7 Å². The first-order valence-electron chi connectivity index (χ1n) is 6.02. The SMILES string of the molecule is COc1cc(N2CCOCC2)c(C(F)(F)F)cc1C. The lowest BCUT2D eigenvalue weighted by Crippen LogP contribution is -2.37. The van der Waals surface area contributed by atoms with E-state index in [0.717, 1.165) is 6.07 Å². The lowest BCUT2D eigenvalue weighted by Gasteiger charge is -2.31. The molecule has 1 fully saturated rings. The molecular weight excluding hydrogens is 259 g/mol. The van der Waals surface area contributed by atoms with E-state index in [1.165, 1.54) is 13.2 Å². The Kier molecular flexibility index (Phi) is 3.89. The highest BCUT2D eigenvalue weighted by molar-refractivity contribution is 5.61. The van der Waals surface area contributed by atoms with Crippen LogP contribution in [0.15, 0.2) is 12.1 Å². The maximum atomic E-state index is 13.1. The van der Waals surface area contributed by atoms with Crippen LogP contribution in [0.2, 0.25) is 0 Å². The maximum absolute atomic E-state index is 13.1. The van der Waals surface area contributed by atoms with Crippen LogP contribution < -0.4 is 9.64 Å². The molecule has 0 spiro atoms. The van der Waals surface area contributed by atoms with Crippen LogP contribution in [0, 0.1) is 6.92 Å². The third-order valence-electron chi connectivity index (χ3n) is 3.17. The summed E-state index contributed by atoms with van der Waals surface area (Å²) in [7, 11) is 1.46. The number of alkyl halides is 3. The van der Waals surface area contributed by atoms with Crippen LogP contribution in [0.1, 0.15) is 11.1 Å². The van der Waals surface area contributed by atoms with Crippen molar-refractivity contribution in [2.24, 2.45) is 0 Å². The second-order valence-electron chi connectivity index (χ2n) is 4.44. The van der Waals surface area contributed by atoms with Gasteiger partial charge in [-0.25, -0.2) is 0 Å². The number of hydrogen-bond donors (Lipinski definition) is 0. The first-order chi connectivity index (χ1) is 8.93. The Morgan fingerprint density at radius 1 is 1.21 bits per heavy atom. The molecule has 1 aromatic carbocycles. The van der Waals surface area contributed by atoms with Crippen molar-refractivity contribution in [3.05, 3.63) is 23.3 Å². The Labute approximate surface area is 109 Å². The quantitative estimate of drug-likeness (QED) is 0.828. The Balaban J connectivity index is 2.48. The summed E-state index contributed by atoms with van der Waals surface area (Å²) in [5.74, 6) is 0.467. The lowest BCUT2D eigenvalue weighted by molar-refractivity contribution is -0.137. The minimum absolute atomic E-state index is 0.165. The van der Waals surface area contributed by atoms with Crippen molar-refractivity contribution in [1.29, 1.82) is 0 Å². The van der Waals surface area contributed by atoms with Gasteiger partial charge in [-0.1, -0.05) is 0 Å². The molecule has 0 aromatic heterocycles. The van der Waals surface area contributed by atoms with Crippen molar-refractivity contribution in [3.8, 4) is 5.75 Å². The van der Waals surface area contributed by atoms with E-state index in [2.05, 4.69) is 0 Å². The van der Waals surface area contributed by atoms with E-state index in [1.807, 2.05) is 0 Å². The molecule has 3 nitrogen and oxygen atoms in total. The van der Waals surface area contributed by atoms with Crippen molar-refractivity contribution >= 4 is 5.69 Å². The third kappa shape index (κ3) is 2.94. The van der Waals surface area contributed by atoms with Gasteiger partial charge in [0.2, 0.25) is 0 Å². The van der Waals surface area contributed by atoms with Gasteiger partial charge in [0.1, 0.15) is 5.75 Å². The smallest absolute Gasteiger partial charge is 0.418 e. The minimum Gasteiger partial charge on any atom is -0.496 e. The first-order valence-corrected chi connectivity index (χ1v) is 6.02. The summed E-state index contributed by atoms with van der Waals surface area (Å²) in [6.07, 6.45) is -4.37. The van der Waals surface area contributed by atoms with Crippen LogP contribution in [0.4, 0.5) is 18.9 Å². The van der Waals surface area contributed by atoms with Gasteiger partial charge >= 0.3 is 6.18 Å². The van der Waals surface area contributed by atoms with E-state index in [4.69, 9.17) is 9.47 Å². The molecule has 1 aliphatic heterocycles. The van der Waals surface area contributed by atoms with Crippen LogP contribution in [-0.4, -0.2) is 33.4 Å². The number of methoxy groups -OCH3 is 1. The standard InChI is InChI=1S/C13H16F3NO2/c1-9-7-10(13(14,15)16)11(8-12(9)18-2)17-3-5-19-6-4-17/h7-8H,3-6H2,1-2H3. The normalized spacial score (nSPS) is 16.6. The van der Waals surface area contributed by atoms with E-state index in [0.29, 0.717) is 37.6 Å². The number of morpholine rings is 1. The minimum atomic E-state index is -4.37. The zero-order valence-corrected chi connectivity index (χ0v) is 10.9. The Hall–Kier alpha value is -1.43. The average Bonchev–Trinajstić information content (AvgIpc) is 2.38. The van der Waals surface area contributed by atoms with Crippen LogP contribution in [-0.2, 0) is 10.9 Å². The summed E-state index contributed by atoms with van der Waals surface area (Å²) in [5, 5.41) is 0. The number of aryl methyl sites for hydroxylation is 1. The summed E-state index contributed by atoms with van der Waals surface area (Å²) < 4.78 is 49.7. The number of ether oxygens (including phenoxy) is 2. The van der Waals surface area contributed by atoms with E-state index in [9.17, 15) is 13.2 Å². The Morgan fingerprint density at radius 3 is 2.37 bits per heavy atom. The molecule has 1 heterocycles. The maximum Gasteiger partial charge on any atom is 0.418 e. The van der Waals surface area contributed by atoms with Gasteiger partial charge in [-0.15, -0.1) is 0 Å². The van der Waals surface area contributed by atoms with Crippen molar-refractivity contribution in [1.82, 2.24) is 0 Å². The number of anilines is 1. The molecular formula is C13H16F3NO2. The molecule has 0 N–H and O–H groups in total. The monoisotopic (exact) mass is 275 g/mol. The molecule has 0 unspecified atom stereocenters. The molecule has 0 radical (unpaired) electrons. The molecule has 0 bridgehead atoms. The van der Waals surface area contributed by atoms with E-state index < -0.39 is 11.7 Å². The fourth-order valence-electron chi connectivity index (χ4n) is 2.19. The van der Waals surface area contributed by atoms with Crippen molar-refractivity contribution < 1.29 is 22.6 Å². The van der Waals surface area contributed by atoms with Crippen LogP contribution in [0.3, 0.4) is 0 Å². The molecule has 1 saturated heterocycles. The van der Waals surface area contributed by atoms with Gasteiger partial charge in [-0.2, -0.15) is 13.2 Å². The highest BCUT2D eigenvalue weighted by Crippen LogP contribution is 2.40. The van der Waals surface area contributed by atoms with Crippen LogP contribution >= 0.6 is 0 Å². The van der Waals surface area contributed by atoms with E-state index in [-0.39, 0.29) is 5.69 Å². The summed E-state index contributed by atoms with van der Waals surface area (Å²) >= 11 is 0. The summed E-state index contributed by atoms with van der Waals surface area (Å²) in [5.41, 5.74) is 0.0257. The Bertz CT molecular complexity index is 454. The number of rotatable bonds is 2. The second-order valence-corrected chi connectivity index (χ2v) is 4.44. The molecule has 0 atom stereocenters. The summed E-state index contributed by atoms with van der Waals surface area (Å²) in [6.45, 7) is 3.39. The summed E-state index contributed by atoms with van der Waals surface area (Å²) in [6, 6.07) is 2.60. The molecule has 0 amide bonds. The number of hydrogen-bond acceptors (Lipinski definition) is 3. The fraction of sp³-hybridized carbons (Fsp3) is 0.538. The van der Waals surface area contributed by atoms with Gasteiger partial charge in [-0.05, 0) is 18.6 Å². The average molecular weight is 275 g/mol. The highest BCUT2D eigenvalue weighted by atomic mass is 19.4. The first kappa shape index (κ1) is 14.0. The number of halogens is 3. The molecule has 1 aliphatic rings. The lowest BCUT2D eigenvalue weighted by atomic mass is 10.1. The van der Waals surface area contributed by atoms with Gasteiger partial charge in [0.25, 0.3) is 0 Å². The van der Waals surface area contributed by atoms with Crippen LogP contribution in [0.5, 0.6) is 5.75 Å². The van der Waals surface area contributed by atoms with Crippen molar-refractivity contribution in [3.63, 3.8) is 0 Å². The molecule has 0 aliphatic carbocycles. The molecule has 6 heteroatoms. The van der Waals surface area contributed by atoms with Crippen molar-refractivity contribution in [2.45, 2.75) is 13.1 Å². The van der Waals surface area contributed by atoms with Crippen LogP contribution in [0.25, 0.3) is 0 Å². The van der Waals surface area contributed by atoms with Gasteiger partial charge < -0.3 is 14.4 Å². The second kappa shape index (κ2) is 5.28.